The van der Waals surface area contributed by atoms with Crippen LogP contribution in [0.2, 0.25) is 0 Å². The first kappa shape index (κ1) is 12.0. The molecule has 1 aromatic rings. The van der Waals surface area contributed by atoms with Gasteiger partial charge in [0.25, 0.3) is 0 Å². The number of hydrogen-bond donors (Lipinski definition) is 1. The van der Waals surface area contributed by atoms with Crippen LogP contribution in [0.4, 0.5) is 10.1 Å². The van der Waals surface area contributed by atoms with E-state index in [1.807, 2.05) is 11.8 Å². The summed E-state index contributed by atoms with van der Waals surface area (Å²) in [5.74, 6) is -0.401. The Kier molecular flexibility index (Phi) is 3.15. The van der Waals surface area contributed by atoms with Gasteiger partial charge in [-0.2, -0.15) is 0 Å². The Morgan fingerprint density at radius 3 is 2.59 bits per heavy atom. The van der Waals surface area contributed by atoms with Crippen molar-refractivity contribution in [3.8, 4) is 0 Å². The summed E-state index contributed by atoms with van der Waals surface area (Å²) in [5.41, 5.74) is 0.428. The van der Waals surface area contributed by atoms with E-state index in [0.29, 0.717) is 43.5 Å². The highest BCUT2D eigenvalue weighted by atomic mass is 19.1. The van der Waals surface area contributed by atoms with E-state index in [-0.39, 0.29) is 0 Å². The number of rotatable bonds is 2. The molecule has 0 amide bonds. The summed E-state index contributed by atoms with van der Waals surface area (Å²) >= 11 is 0. The number of carbonyl (C=O) groups excluding carboxylic acids is 1. The molecule has 0 atom stereocenters. The summed E-state index contributed by atoms with van der Waals surface area (Å²) in [5, 5.41) is 9.84. The molecule has 3 nitrogen and oxygen atoms in total. The second kappa shape index (κ2) is 4.45. The van der Waals surface area contributed by atoms with Crippen molar-refractivity contribution in [3.63, 3.8) is 0 Å². The largest absolute Gasteiger partial charge is 0.390 e. The van der Waals surface area contributed by atoms with Crippen LogP contribution in [0.5, 0.6) is 0 Å². The molecule has 1 heterocycles. The molecule has 17 heavy (non-hydrogen) atoms. The molecule has 0 bridgehead atoms. The lowest BCUT2D eigenvalue weighted by Gasteiger charge is -2.37. The van der Waals surface area contributed by atoms with Crippen molar-refractivity contribution in [2.24, 2.45) is 0 Å². The van der Waals surface area contributed by atoms with Gasteiger partial charge >= 0.3 is 0 Å². The van der Waals surface area contributed by atoms with Crippen LogP contribution in [-0.4, -0.2) is 30.1 Å². The summed E-state index contributed by atoms with van der Waals surface area (Å²) < 4.78 is 13.3. The second-order valence-corrected chi connectivity index (χ2v) is 4.84. The van der Waals surface area contributed by atoms with Crippen molar-refractivity contribution in [2.45, 2.75) is 25.4 Å². The van der Waals surface area contributed by atoms with Gasteiger partial charge in [0.2, 0.25) is 0 Å². The van der Waals surface area contributed by atoms with Crippen molar-refractivity contribution in [3.05, 3.63) is 29.6 Å². The fourth-order valence-electron chi connectivity index (χ4n) is 2.09. The lowest BCUT2D eigenvalue weighted by molar-refractivity contribution is 0.0351. The first-order valence-corrected chi connectivity index (χ1v) is 5.73. The molecule has 1 fully saturated rings. The molecule has 1 aliphatic heterocycles. The lowest BCUT2D eigenvalue weighted by Crippen LogP contribution is -2.42. The maximum absolute atomic E-state index is 13.3. The molecule has 1 saturated heterocycles. The van der Waals surface area contributed by atoms with Crippen LogP contribution in [0, 0.1) is 5.82 Å². The van der Waals surface area contributed by atoms with Crippen molar-refractivity contribution in [1.29, 1.82) is 0 Å². The third-order valence-electron chi connectivity index (χ3n) is 3.25. The summed E-state index contributed by atoms with van der Waals surface area (Å²) in [6, 6.07) is 4.32. The molecule has 1 aliphatic rings. The summed E-state index contributed by atoms with van der Waals surface area (Å²) in [6.45, 7) is 3.16. The number of nitrogens with zero attached hydrogens (tertiary/aromatic N) is 1. The van der Waals surface area contributed by atoms with Crippen LogP contribution < -0.4 is 4.90 Å². The van der Waals surface area contributed by atoms with Crippen LogP contribution in [0.1, 0.15) is 30.1 Å². The number of carbonyl (C=O) groups is 1. The summed E-state index contributed by atoms with van der Waals surface area (Å²) in [6.07, 6.45) is 1.95. The maximum Gasteiger partial charge on any atom is 0.150 e. The summed E-state index contributed by atoms with van der Waals surface area (Å²) in [7, 11) is 0. The smallest absolute Gasteiger partial charge is 0.150 e. The molecule has 0 aromatic heterocycles. The van der Waals surface area contributed by atoms with Crippen LogP contribution in [0.3, 0.4) is 0 Å². The SMILES string of the molecule is CC1(O)CCN(c2cc(F)cc(C=O)c2)CC1. The predicted octanol–water partition coefficient (Wildman–Crippen LogP) is 1.99. The van der Waals surface area contributed by atoms with Crippen LogP contribution in [0.15, 0.2) is 18.2 Å². The molecule has 4 heteroatoms. The average molecular weight is 237 g/mol. The fraction of sp³-hybridized carbons (Fsp3) is 0.462. The highest BCUT2D eigenvalue weighted by molar-refractivity contribution is 5.77. The molecule has 2 rings (SSSR count). The zero-order valence-electron chi connectivity index (χ0n) is 9.82. The zero-order chi connectivity index (χ0) is 12.5. The van der Waals surface area contributed by atoms with Gasteiger partial charge in [-0.25, -0.2) is 4.39 Å². The van der Waals surface area contributed by atoms with Gasteiger partial charge in [0.05, 0.1) is 5.60 Å². The quantitative estimate of drug-likeness (QED) is 0.800. The number of piperidine rings is 1. The standard InChI is InChI=1S/C13H16FNO2/c1-13(17)2-4-15(5-3-13)12-7-10(9-16)6-11(14)8-12/h6-9,17H,2-5H2,1H3. The van der Waals surface area contributed by atoms with Crippen LogP contribution in [-0.2, 0) is 0 Å². The molecule has 1 N–H and O–H groups in total. The van der Waals surface area contributed by atoms with Gasteiger partial charge in [0, 0.05) is 24.3 Å². The minimum absolute atomic E-state index is 0.345. The molecular weight excluding hydrogens is 221 g/mol. The number of aliphatic hydroxyl groups is 1. The molecule has 0 aliphatic carbocycles. The highest BCUT2D eigenvalue weighted by Crippen LogP contribution is 2.26. The van der Waals surface area contributed by atoms with Crippen molar-refractivity contribution in [2.75, 3.05) is 18.0 Å². The number of hydrogen-bond acceptors (Lipinski definition) is 3. The Hall–Kier alpha value is -1.42. The van der Waals surface area contributed by atoms with Gasteiger partial charge in [-0.3, -0.25) is 4.79 Å². The number of halogens is 1. The molecule has 1 aromatic carbocycles. The number of anilines is 1. The molecule has 0 spiro atoms. The molecule has 0 saturated carbocycles. The van der Waals surface area contributed by atoms with Crippen LogP contribution >= 0.6 is 0 Å². The number of aldehydes is 1. The predicted molar refractivity (Wildman–Crippen MR) is 63.9 cm³/mol. The number of benzene rings is 1. The second-order valence-electron chi connectivity index (χ2n) is 4.84. The third kappa shape index (κ3) is 2.82. The van der Waals surface area contributed by atoms with Crippen molar-refractivity contribution >= 4 is 12.0 Å². The Bertz CT molecular complexity index is 421. The van der Waals surface area contributed by atoms with Gasteiger partial charge in [-0.05, 0) is 38.0 Å². The molecule has 0 unspecified atom stereocenters. The van der Waals surface area contributed by atoms with E-state index in [1.165, 1.54) is 12.1 Å². The lowest BCUT2D eigenvalue weighted by atomic mass is 9.93. The fourth-order valence-corrected chi connectivity index (χ4v) is 2.09. The Morgan fingerprint density at radius 1 is 1.35 bits per heavy atom. The topological polar surface area (TPSA) is 40.5 Å². The van der Waals surface area contributed by atoms with E-state index in [1.54, 1.807) is 6.07 Å². The monoisotopic (exact) mass is 237 g/mol. The Balaban J connectivity index is 2.18. The minimum atomic E-state index is -0.628. The van der Waals surface area contributed by atoms with E-state index < -0.39 is 11.4 Å². The Labute approximate surface area is 99.9 Å². The molecule has 92 valence electrons. The van der Waals surface area contributed by atoms with Crippen LogP contribution in [0.25, 0.3) is 0 Å². The maximum atomic E-state index is 13.3. The van der Waals surface area contributed by atoms with Gasteiger partial charge in [-0.15, -0.1) is 0 Å². The van der Waals surface area contributed by atoms with E-state index in [4.69, 9.17) is 0 Å². The molecular formula is C13H16FNO2. The van der Waals surface area contributed by atoms with Gasteiger partial charge < -0.3 is 10.0 Å². The van der Waals surface area contributed by atoms with Gasteiger partial charge in [0.15, 0.2) is 0 Å². The summed E-state index contributed by atoms with van der Waals surface area (Å²) in [4.78, 5) is 12.7. The van der Waals surface area contributed by atoms with E-state index in [9.17, 15) is 14.3 Å². The van der Waals surface area contributed by atoms with E-state index >= 15 is 0 Å². The van der Waals surface area contributed by atoms with Gasteiger partial charge in [-0.1, -0.05) is 0 Å². The Morgan fingerprint density at radius 2 is 2.00 bits per heavy atom. The van der Waals surface area contributed by atoms with Crippen molar-refractivity contribution < 1.29 is 14.3 Å². The zero-order valence-corrected chi connectivity index (χ0v) is 9.82. The van der Waals surface area contributed by atoms with E-state index in [2.05, 4.69) is 0 Å². The minimum Gasteiger partial charge on any atom is -0.390 e. The average Bonchev–Trinajstić information content (AvgIpc) is 2.28. The third-order valence-corrected chi connectivity index (χ3v) is 3.25. The highest BCUT2D eigenvalue weighted by Gasteiger charge is 2.27. The first-order valence-electron chi connectivity index (χ1n) is 5.73. The normalized spacial score (nSPS) is 19.1. The molecule has 0 radical (unpaired) electrons. The van der Waals surface area contributed by atoms with Gasteiger partial charge in [0.1, 0.15) is 12.1 Å². The van der Waals surface area contributed by atoms with E-state index in [0.717, 1.165) is 0 Å². The van der Waals surface area contributed by atoms with Crippen molar-refractivity contribution in [1.82, 2.24) is 0 Å². The first-order chi connectivity index (χ1) is 8.00.